The Balaban J connectivity index is 1.89. The Morgan fingerprint density at radius 3 is 2.48 bits per heavy atom. The molecule has 1 amide bonds. The van der Waals surface area contributed by atoms with E-state index in [1.54, 1.807) is 44.2 Å². The van der Waals surface area contributed by atoms with Crippen LogP contribution in [0, 0.1) is 6.92 Å². The van der Waals surface area contributed by atoms with Crippen molar-refractivity contribution in [3.05, 3.63) is 70.0 Å². The maximum absolute atomic E-state index is 13.5. The Bertz CT molecular complexity index is 1430. The lowest BCUT2D eigenvalue weighted by Crippen LogP contribution is -2.29. The number of hydrogen-bond donors (Lipinski definition) is 1. The third-order valence-corrected chi connectivity index (χ3v) is 7.33. The quantitative estimate of drug-likeness (QED) is 0.109. The first-order chi connectivity index (χ1) is 19.3. The molecule has 1 saturated heterocycles. The van der Waals surface area contributed by atoms with Crippen molar-refractivity contribution in [1.82, 2.24) is 9.97 Å². The number of aromatic nitrogens is 2. The van der Waals surface area contributed by atoms with Gasteiger partial charge < -0.3 is 19.3 Å². The van der Waals surface area contributed by atoms with Gasteiger partial charge in [-0.2, -0.15) is 0 Å². The van der Waals surface area contributed by atoms with E-state index in [9.17, 15) is 19.5 Å². The highest BCUT2D eigenvalue weighted by Gasteiger charge is 2.48. The fourth-order valence-corrected chi connectivity index (χ4v) is 5.28. The SMILES string of the molecule is CCCCOc1ccc(C2/C(=C(\O)c3ccncc3)C(=O)C(=O)N2c2nc(C)c(C(=O)OCC)s2)cc1OCC. The first-order valence-electron chi connectivity index (χ1n) is 13.1. The molecule has 1 aromatic carbocycles. The van der Waals surface area contributed by atoms with Crippen molar-refractivity contribution < 1.29 is 33.7 Å². The number of hydrogen-bond acceptors (Lipinski definition) is 10. The highest BCUT2D eigenvalue weighted by atomic mass is 32.1. The molecule has 0 bridgehead atoms. The summed E-state index contributed by atoms with van der Waals surface area (Å²) >= 11 is 0.947. The molecule has 0 aliphatic carbocycles. The minimum atomic E-state index is -1.06. The van der Waals surface area contributed by atoms with Gasteiger partial charge in [-0.15, -0.1) is 0 Å². The molecule has 0 saturated carbocycles. The van der Waals surface area contributed by atoms with Crippen LogP contribution in [0.25, 0.3) is 5.76 Å². The van der Waals surface area contributed by atoms with Crippen molar-refractivity contribution in [1.29, 1.82) is 0 Å². The van der Waals surface area contributed by atoms with Crippen LogP contribution in [0.15, 0.2) is 48.3 Å². The summed E-state index contributed by atoms with van der Waals surface area (Å²) in [6, 6.07) is 7.17. The van der Waals surface area contributed by atoms with Gasteiger partial charge in [0.25, 0.3) is 5.78 Å². The van der Waals surface area contributed by atoms with Gasteiger partial charge in [-0.3, -0.25) is 19.5 Å². The molecule has 1 fully saturated rings. The van der Waals surface area contributed by atoms with Crippen LogP contribution < -0.4 is 14.4 Å². The third kappa shape index (κ3) is 5.69. The predicted octanol–water partition coefficient (Wildman–Crippen LogP) is 5.23. The number of benzene rings is 1. The zero-order valence-corrected chi connectivity index (χ0v) is 23.6. The summed E-state index contributed by atoms with van der Waals surface area (Å²) in [4.78, 5) is 49.3. The first kappa shape index (κ1) is 28.8. The van der Waals surface area contributed by atoms with Crippen LogP contribution >= 0.6 is 11.3 Å². The first-order valence-corrected chi connectivity index (χ1v) is 13.9. The lowest BCUT2D eigenvalue weighted by atomic mass is 9.95. The molecule has 1 atom stereocenters. The molecular formula is C29H31N3O7S. The minimum Gasteiger partial charge on any atom is -0.507 e. The fraction of sp³-hybridized carbons (Fsp3) is 0.345. The molecular weight excluding hydrogens is 534 g/mol. The average molecular weight is 566 g/mol. The standard InChI is InChI=1S/C29H31N3O7S/c1-5-8-15-39-20-10-9-19(16-21(20)37-6-2)23-22(24(33)18-11-13-30-14-12-18)25(34)27(35)32(23)29-31-17(4)26(40-29)28(36)38-7-3/h9-14,16,23,33H,5-8,15H2,1-4H3/b24-22+. The largest absolute Gasteiger partial charge is 0.507 e. The number of aliphatic hydroxyl groups excluding tert-OH is 1. The molecule has 1 unspecified atom stereocenters. The van der Waals surface area contributed by atoms with E-state index in [0.717, 1.165) is 24.2 Å². The zero-order valence-electron chi connectivity index (χ0n) is 22.8. The summed E-state index contributed by atoms with van der Waals surface area (Å²) in [6.45, 7) is 8.27. The molecule has 2 aromatic heterocycles. The topological polar surface area (TPSA) is 128 Å². The van der Waals surface area contributed by atoms with Gasteiger partial charge in [0.05, 0.1) is 37.1 Å². The highest BCUT2D eigenvalue weighted by molar-refractivity contribution is 7.17. The summed E-state index contributed by atoms with van der Waals surface area (Å²) in [6.07, 6.45) is 4.79. The molecule has 40 heavy (non-hydrogen) atoms. The monoisotopic (exact) mass is 565 g/mol. The zero-order chi connectivity index (χ0) is 28.8. The predicted molar refractivity (Wildman–Crippen MR) is 150 cm³/mol. The van der Waals surface area contributed by atoms with Crippen LogP contribution in [0.4, 0.5) is 5.13 Å². The minimum absolute atomic E-state index is 0.121. The number of pyridine rings is 1. The molecule has 1 aliphatic rings. The van der Waals surface area contributed by atoms with Crippen LogP contribution in [0.1, 0.15) is 66.1 Å². The molecule has 1 N–H and O–H groups in total. The van der Waals surface area contributed by atoms with Crippen molar-refractivity contribution in [3.63, 3.8) is 0 Å². The van der Waals surface area contributed by atoms with Gasteiger partial charge in [0, 0.05) is 18.0 Å². The summed E-state index contributed by atoms with van der Waals surface area (Å²) in [5.74, 6) is -1.72. The van der Waals surface area contributed by atoms with Crippen LogP contribution in [0.5, 0.6) is 11.5 Å². The number of amides is 1. The highest BCUT2D eigenvalue weighted by Crippen LogP contribution is 2.45. The second-order valence-corrected chi connectivity index (χ2v) is 9.86. The van der Waals surface area contributed by atoms with E-state index >= 15 is 0 Å². The number of carbonyl (C=O) groups is 3. The number of carbonyl (C=O) groups excluding carboxylic acids is 3. The van der Waals surface area contributed by atoms with Crippen LogP contribution in [0.3, 0.4) is 0 Å². The Kier molecular flexibility index (Phi) is 9.15. The normalized spacial score (nSPS) is 16.3. The van der Waals surface area contributed by atoms with Gasteiger partial charge in [0.15, 0.2) is 16.6 Å². The number of aliphatic hydroxyl groups is 1. The van der Waals surface area contributed by atoms with E-state index < -0.39 is 23.7 Å². The Morgan fingerprint density at radius 2 is 1.80 bits per heavy atom. The smallest absolute Gasteiger partial charge is 0.350 e. The van der Waals surface area contributed by atoms with E-state index in [4.69, 9.17) is 14.2 Å². The van der Waals surface area contributed by atoms with Crippen molar-refractivity contribution in [2.45, 2.75) is 46.6 Å². The maximum Gasteiger partial charge on any atom is 0.350 e. The molecule has 3 heterocycles. The number of rotatable bonds is 11. The van der Waals surface area contributed by atoms with E-state index in [2.05, 4.69) is 16.9 Å². The lowest BCUT2D eigenvalue weighted by molar-refractivity contribution is -0.132. The van der Waals surface area contributed by atoms with Gasteiger partial charge in [-0.1, -0.05) is 30.7 Å². The van der Waals surface area contributed by atoms with Crippen molar-refractivity contribution in [2.24, 2.45) is 0 Å². The van der Waals surface area contributed by atoms with Gasteiger partial charge in [-0.05, 0) is 57.0 Å². The number of thiazole rings is 1. The van der Waals surface area contributed by atoms with Gasteiger partial charge in [0.2, 0.25) is 0 Å². The summed E-state index contributed by atoms with van der Waals surface area (Å²) in [5, 5.41) is 11.4. The van der Waals surface area contributed by atoms with Crippen molar-refractivity contribution in [3.8, 4) is 11.5 Å². The Hall–Kier alpha value is -4.25. The van der Waals surface area contributed by atoms with E-state index in [1.165, 1.54) is 17.3 Å². The number of Topliss-reactive ketones (excluding diaryl/α,β-unsaturated/α-hetero) is 1. The number of aryl methyl sites for hydroxylation is 1. The average Bonchev–Trinajstić information content (AvgIpc) is 3.46. The Morgan fingerprint density at radius 1 is 1.05 bits per heavy atom. The number of unbranched alkanes of at least 4 members (excludes halogenated alkanes) is 1. The summed E-state index contributed by atoms with van der Waals surface area (Å²) < 4.78 is 16.9. The molecule has 0 radical (unpaired) electrons. The molecule has 1 aliphatic heterocycles. The second kappa shape index (κ2) is 12.7. The Labute approximate surface area is 236 Å². The number of nitrogens with zero attached hydrogens (tertiary/aromatic N) is 3. The second-order valence-electron chi connectivity index (χ2n) is 8.88. The van der Waals surface area contributed by atoms with E-state index in [0.29, 0.717) is 41.5 Å². The lowest BCUT2D eigenvalue weighted by Gasteiger charge is -2.24. The molecule has 11 heteroatoms. The summed E-state index contributed by atoms with van der Waals surface area (Å²) in [5.41, 5.74) is 1.06. The summed E-state index contributed by atoms with van der Waals surface area (Å²) in [7, 11) is 0. The molecule has 10 nitrogen and oxygen atoms in total. The van der Waals surface area contributed by atoms with Crippen LogP contribution in [-0.4, -0.2) is 52.6 Å². The van der Waals surface area contributed by atoms with Crippen LogP contribution in [0.2, 0.25) is 0 Å². The number of ether oxygens (including phenoxy) is 3. The van der Waals surface area contributed by atoms with Gasteiger partial charge in [0.1, 0.15) is 10.6 Å². The van der Waals surface area contributed by atoms with Crippen molar-refractivity contribution in [2.75, 3.05) is 24.7 Å². The maximum atomic E-state index is 13.5. The molecule has 3 aromatic rings. The van der Waals surface area contributed by atoms with E-state index in [1.807, 2.05) is 6.92 Å². The number of esters is 1. The molecule has 0 spiro atoms. The van der Waals surface area contributed by atoms with Gasteiger partial charge in [-0.25, -0.2) is 9.78 Å². The number of anilines is 1. The third-order valence-electron chi connectivity index (χ3n) is 6.19. The van der Waals surface area contributed by atoms with Crippen molar-refractivity contribution >= 4 is 39.9 Å². The van der Waals surface area contributed by atoms with Crippen LogP contribution in [-0.2, 0) is 14.3 Å². The number of ketones is 1. The van der Waals surface area contributed by atoms with E-state index in [-0.39, 0.29) is 27.9 Å². The van der Waals surface area contributed by atoms with Gasteiger partial charge >= 0.3 is 11.9 Å². The molecule has 4 rings (SSSR count). The fourth-order valence-electron chi connectivity index (χ4n) is 4.29. The molecule has 210 valence electrons.